The third-order valence-electron chi connectivity index (χ3n) is 5.70. The van der Waals surface area contributed by atoms with Crippen molar-refractivity contribution in [1.82, 2.24) is 9.80 Å². The van der Waals surface area contributed by atoms with Crippen molar-refractivity contribution in [3.8, 4) is 0 Å². The van der Waals surface area contributed by atoms with E-state index in [-0.39, 0.29) is 33.3 Å². The largest absolute Gasteiger partial charge is 0.426 e. The molecule has 0 spiro atoms. The first-order chi connectivity index (χ1) is 16.1. The molecule has 2 aromatic carbocycles. The fourth-order valence-electron chi connectivity index (χ4n) is 3.24. The number of nitrogens with one attached hydrogen (secondary N) is 1. The van der Waals surface area contributed by atoms with Crippen molar-refractivity contribution in [2.45, 2.75) is 28.5 Å². The molecule has 0 bridgehead atoms. The van der Waals surface area contributed by atoms with Crippen LogP contribution in [0, 0.1) is 0 Å². The average Bonchev–Trinajstić information content (AvgIpc) is 2.79. The fraction of sp³-hybridized carbons (Fsp3) is 0.364. The summed E-state index contributed by atoms with van der Waals surface area (Å²) in [6, 6.07) is 8.42. The number of carbonyl (C=O) groups excluding carboxylic acids is 2. The van der Waals surface area contributed by atoms with Gasteiger partial charge in [0.2, 0.25) is 15.4 Å². The second-order valence-corrected chi connectivity index (χ2v) is 10.6. The fourth-order valence-corrected chi connectivity index (χ4v) is 4.82. The van der Waals surface area contributed by atoms with Gasteiger partial charge in [0.05, 0.1) is 20.5 Å². The minimum absolute atomic E-state index is 0.125. The minimum Gasteiger partial charge on any atom is -0.373 e. The monoisotopic (exact) mass is 533 g/mol. The van der Waals surface area contributed by atoms with Gasteiger partial charge >= 0.3 is 6.18 Å². The number of amides is 2. The van der Waals surface area contributed by atoms with E-state index >= 15 is 0 Å². The summed E-state index contributed by atoms with van der Waals surface area (Å²) in [7, 11) is -2.13. The summed E-state index contributed by atoms with van der Waals surface area (Å²) in [5.41, 5.74) is -3.65. The molecule has 1 aliphatic heterocycles. The zero-order valence-electron chi connectivity index (χ0n) is 18.8. The number of aliphatic hydroxyl groups is 1. The number of hydrogen-bond acceptors (Lipinski definition) is 6. The predicted octanol–water partition coefficient (Wildman–Crippen LogP) is 2.81. The number of alkyl halides is 3. The van der Waals surface area contributed by atoms with Gasteiger partial charge in [0, 0.05) is 31.7 Å². The van der Waals surface area contributed by atoms with Gasteiger partial charge in [-0.15, -0.1) is 0 Å². The highest BCUT2D eigenvalue weighted by Gasteiger charge is 2.55. The van der Waals surface area contributed by atoms with E-state index in [1.807, 2.05) is 12.4 Å². The number of likely N-dealkylation sites (N-methyl/N-ethyl adjacent to an activating group) is 1. The first-order valence-electron chi connectivity index (χ1n) is 10.4. The van der Waals surface area contributed by atoms with Gasteiger partial charge in [0.1, 0.15) is 0 Å². The highest BCUT2D eigenvalue weighted by molar-refractivity contribution is 7.91. The summed E-state index contributed by atoms with van der Waals surface area (Å²) in [6.07, 6.45) is -5.23. The first-order valence-corrected chi connectivity index (χ1v) is 12.2. The molecule has 0 saturated carbocycles. The minimum atomic E-state index is -5.23. The van der Waals surface area contributed by atoms with Crippen molar-refractivity contribution in [2.24, 2.45) is 0 Å². The van der Waals surface area contributed by atoms with Crippen LogP contribution in [-0.4, -0.2) is 80.1 Å². The Morgan fingerprint density at radius 1 is 1.00 bits per heavy atom. The van der Waals surface area contributed by atoms with Crippen LogP contribution in [0.3, 0.4) is 0 Å². The number of benzene rings is 2. The third kappa shape index (κ3) is 5.61. The van der Waals surface area contributed by atoms with Gasteiger partial charge in [0.15, 0.2) is 0 Å². The van der Waals surface area contributed by atoms with E-state index in [1.54, 1.807) is 4.90 Å². The molecule has 0 radical (unpaired) electrons. The van der Waals surface area contributed by atoms with E-state index in [2.05, 4.69) is 4.90 Å². The Kier molecular flexibility index (Phi) is 7.51. The number of rotatable bonds is 5. The van der Waals surface area contributed by atoms with Crippen LogP contribution >= 0.6 is 11.6 Å². The molecule has 0 aromatic heterocycles. The van der Waals surface area contributed by atoms with Crippen LogP contribution in [-0.2, 0) is 14.6 Å². The van der Waals surface area contributed by atoms with E-state index in [0.29, 0.717) is 18.7 Å². The Labute approximate surface area is 205 Å². The van der Waals surface area contributed by atoms with Crippen molar-refractivity contribution in [1.29, 1.82) is 0 Å². The Morgan fingerprint density at radius 3 is 2.06 bits per heavy atom. The SMILES string of the molecule is CN1CCN(C(=O)c2ccc(S(=O)(=O)c3ccc(NC(=O)[C@@](C)(O)C(F)(F)F)c(Cl)c3)cc2)CC1. The molecule has 13 heteroatoms. The number of halogens is 4. The predicted molar refractivity (Wildman–Crippen MR) is 122 cm³/mol. The summed E-state index contributed by atoms with van der Waals surface area (Å²) in [4.78, 5) is 27.9. The summed E-state index contributed by atoms with van der Waals surface area (Å²) in [5, 5.41) is 11.0. The Hall–Kier alpha value is -2.67. The molecule has 2 N–H and O–H groups in total. The highest BCUT2D eigenvalue weighted by Crippen LogP contribution is 2.33. The van der Waals surface area contributed by atoms with E-state index in [0.717, 1.165) is 31.3 Å². The molecular weight excluding hydrogens is 511 g/mol. The third-order valence-corrected chi connectivity index (χ3v) is 7.78. The number of hydrogen-bond donors (Lipinski definition) is 2. The van der Waals surface area contributed by atoms with Gasteiger partial charge < -0.3 is 20.2 Å². The van der Waals surface area contributed by atoms with Crippen LogP contribution in [0.25, 0.3) is 0 Å². The normalized spacial score (nSPS) is 17.1. The maximum absolute atomic E-state index is 13.0. The summed E-state index contributed by atoms with van der Waals surface area (Å²) < 4.78 is 64.5. The number of piperazine rings is 1. The zero-order valence-corrected chi connectivity index (χ0v) is 20.3. The second-order valence-electron chi connectivity index (χ2n) is 8.29. The topological polar surface area (TPSA) is 107 Å². The molecule has 2 aromatic rings. The highest BCUT2D eigenvalue weighted by atomic mass is 35.5. The molecule has 3 rings (SSSR count). The van der Waals surface area contributed by atoms with Crippen molar-refractivity contribution in [3.05, 3.63) is 53.1 Å². The van der Waals surface area contributed by atoms with Gasteiger partial charge in [-0.25, -0.2) is 8.42 Å². The number of nitrogens with zero attached hydrogens (tertiary/aromatic N) is 2. The Morgan fingerprint density at radius 2 is 1.54 bits per heavy atom. The molecule has 8 nitrogen and oxygen atoms in total. The lowest BCUT2D eigenvalue weighted by Crippen LogP contribution is -2.52. The van der Waals surface area contributed by atoms with Crippen LogP contribution in [0.2, 0.25) is 5.02 Å². The quantitative estimate of drug-likeness (QED) is 0.612. The lowest BCUT2D eigenvalue weighted by molar-refractivity contribution is -0.242. The maximum Gasteiger partial charge on any atom is 0.426 e. The zero-order chi connectivity index (χ0) is 26.2. The van der Waals surface area contributed by atoms with E-state index in [4.69, 9.17) is 11.6 Å². The van der Waals surface area contributed by atoms with Gasteiger partial charge in [-0.05, 0) is 56.4 Å². The van der Waals surface area contributed by atoms with E-state index in [1.165, 1.54) is 24.3 Å². The van der Waals surface area contributed by atoms with Gasteiger partial charge in [-0.1, -0.05) is 11.6 Å². The molecule has 0 unspecified atom stereocenters. The van der Waals surface area contributed by atoms with Crippen molar-refractivity contribution in [3.63, 3.8) is 0 Å². The van der Waals surface area contributed by atoms with Gasteiger partial charge in [0.25, 0.3) is 11.8 Å². The molecule has 1 fully saturated rings. The van der Waals surface area contributed by atoms with Crippen molar-refractivity contribution < 1.29 is 36.3 Å². The molecule has 1 atom stereocenters. The van der Waals surface area contributed by atoms with Crippen molar-refractivity contribution >= 4 is 38.9 Å². The lowest BCUT2D eigenvalue weighted by Gasteiger charge is -2.32. The van der Waals surface area contributed by atoms with Crippen LogP contribution in [0.1, 0.15) is 17.3 Å². The summed E-state index contributed by atoms with van der Waals surface area (Å²) in [6.45, 7) is 2.89. The second kappa shape index (κ2) is 9.76. The van der Waals surface area contributed by atoms with Crippen LogP contribution < -0.4 is 5.32 Å². The molecular formula is C22H23ClF3N3O5S. The van der Waals surface area contributed by atoms with Gasteiger partial charge in [-0.2, -0.15) is 13.2 Å². The first kappa shape index (κ1) is 26.9. The molecule has 35 heavy (non-hydrogen) atoms. The number of anilines is 1. The summed E-state index contributed by atoms with van der Waals surface area (Å²) in [5.74, 6) is -1.98. The standard InChI is InChI=1S/C22H23ClF3N3O5S/c1-21(32,22(24,25)26)20(31)27-18-8-7-16(13-17(18)23)35(33,34)15-5-3-14(4-6-15)19(30)29-11-9-28(2)10-12-29/h3-8,13,32H,9-12H2,1-2H3,(H,27,31)/t21-/m1/s1. The molecule has 1 aliphatic rings. The Bertz CT molecular complexity index is 1230. The Balaban J connectivity index is 1.78. The van der Waals surface area contributed by atoms with E-state index < -0.39 is 27.5 Å². The average molecular weight is 534 g/mol. The number of sulfone groups is 1. The van der Waals surface area contributed by atoms with Crippen LogP contribution in [0.5, 0.6) is 0 Å². The molecule has 1 heterocycles. The molecule has 2 amide bonds. The van der Waals surface area contributed by atoms with Gasteiger partial charge in [-0.3, -0.25) is 9.59 Å². The van der Waals surface area contributed by atoms with Crippen LogP contribution in [0.15, 0.2) is 52.3 Å². The van der Waals surface area contributed by atoms with Crippen molar-refractivity contribution in [2.75, 3.05) is 38.5 Å². The molecule has 0 aliphatic carbocycles. The van der Waals surface area contributed by atoms with E-state index in [9.17, 15) is 36.3 Å². The lowest BCUT2D eigenvalue weighted by atomic mass is 10.1. The molecule has 1 saturated heterocycles. The summed E-state index contributed by atoms with van der Waals surface area (Å²) >= 11 is 6.00. The number of carbonyl (C=O) groups is 2. The maximum atomic E-state index is 13.0. The molecule has 190 valence electrons. The smallest absolute Gasteiger partial charge is 0.373 e. The van der Waals surface area contributed by atoms with Crippen LogP contribution in [0.4, 0.5) is 18.9 Å².